The molecule has 17 heteroatoms. The Labute approximate surface area is 207 Å². The summed E-state index contributed by atoms with van der Waals surface area (Å²) < 4.78 is 0. The minimum absolute atomic E-state index is 0. The zero-order valence-electron chi connectivity index (χ0n) is 18.2. The molecule has 4 amide bonds. The van der Waals surface area contributed by atoms with Crippen molar-refractivity contribution in [2.45, 2.75) is 27.7 Å². The fraction of sp³-hybridized carbons (Fsp3) is 0.500. The molecule has 0 aromatic rings. The Balaban J connectivity index is -0.000000105. The zero-order valence-corrected chi connectivity index (χ0v) is 20.7. The van der Waals surface area contributed by atoms with Crippen molar-refractivity contribution in [1.82, 2.24) is 21.3 Å². The molecule has 0 unspecified atom stereocenters. The second kappa shape index (κ2) is 26.7. The molecule has 0 radical (unpaired) electrons. The van der Waals surface area contributed by atoms with Crippen molar-refractivity contribution in [2.75, 3.05) is 26.2 Å². The number of amides is 4. The van der Waals surface area contributed by atoms with E-state index < -0.39 is 50.1 Å². The number of carboxylic acids is 4. The molecule has 4 N–H and O–H groups in total. The number of hydrogen-bond acceptors (Lipinski definition) is 12. The van der Waals surface area contributed by atoms with Gasteiger partial charge in [0.1, 0.15) is 0 Å². The van der Waals surface area contributed by atoms with Crippen LogP contribution in [0.5, 0.6) is 0 Å². The van der Waals surface area contributed by atoms with Crippen molar-refractivity contribution in [3.8, 4) is 0 Å². The van der Waals surface area contributed by atoms with E-state index >= 15 is 0 Å². The molecule has 0 aliphatic carbocycles. The van der Waals surface area contributed by atoms with Crippen LogP contribution < -0.4 is 41.7 Å². The quantitative estimate of drug-likeness (QED) is 0.217. The van der Waals surface area contributed by atoms with E-state index in [1.54, 1.807) is 0 Å². The summed E-state index contributed by atoms with van der Waals surface area (Å²) in [6, 6.07) is 0. The first-order valence-electron chi connectivity index (χ1n) is 8.28. The summed E-state index contributed by atoms with van der Waals surface area (Å²) in [5.74, 6) is -6.58. The molecule has 0 aliphatic heterocycles. The predicted octanol–water partition coefficient (Wildman–Crippen LogP) is -8.51. The maximum Gasteiger partial charge on any atom is 4.00 e. The monoisotopic (exact) mass is 554 g/mol. The molecular weight excluding hydrogens is 531 g/mol. The normalized spacial score (nSPS) is 7.88. The number of carbonyl (C=O) groups is 8. The van der Waals surface area contributed by atoms with Crippen molar-refractivity contribution in [3.63, 3.8) is 0 Å². The molecule has 0 atom stereocenters. The van der Waals surface area contributed by atoms with Gasteiger partial charge in [-0.2, -0.15) is 0 Å². The van der Waals surface area contributed by atoms with Gasteiger partial charge in [-0.05, 0) is 0 Å². The second-order valence-electron chi connectivity index (χ2n) is 5.13. The number of nitrogens with one attached hydrogen (secondary N) is 4. The Kier molecular flexibility index (Phi) is 32.4. The van der Waals surface area contributed by atoms with E-state index in [-0.39, 0.29) is 49.8 Å². The average molecular weight is 556 g/mol. The zero-order chi connectivity index (χ0) is 26.3. The molecule has 0 bridgehead atoms. The third kappa shape index (κ3) is 73.4. The standard InChI is InChI=1S/4C4H7NO3.Zr/c4*1-3(6)5-2-4(7)8;/h4*2H2,1H3,(H,5,6)(H,7,8);/q;;;;+4/p-4. The average Bonchev–Trinajstić information content (AvgIpc) is 2.63. The summed E-state index contributed by atoms with van der Waals surface area (Å²) in [7, 11) is 0. The van der Waals surface area contributed by atoms with Crippen LogP contribution in [0.4, 0.5) is 0 Å². The van der Waals surface area contributed by atoms with Gasteiger partial charge < -0.3 is 60.9 Å². The van der Waals surface area contributed by atoms with Gasteiger partial charge in [0, 0.05) is 27.7 Å². The maximum atomic E-state index is 9.95. The van der Waals surface area contributed by atoms with Crippen LogP contribution in [0.15, 0.2) is 0 Å². The Morgan fingerprint density at radius 3 is 0.576 bits per heavy atom. The molecular formula is C16H24N4O12Zr. The Bertz CT molecular complexity index is 502. The molecule has 0 heterocycles. The number of hydrogen-bond donors (Lipinski definition) is 4. The Morgan fingerprint density at radius 1 is 0.424 bits per heavy atom. The first-order valence-corrected chi connectivity index (χ1v) is 8.28. The number of carboxylic acid groups (broad SMARTS) is 4. The molecule has 0 rings (SSSR count). The van der Waals surface area contributed by atoms with E-state index in [2.05, 4.69) is 0 Å². The third-order valence-electron chi connectivity index (χ3n) is 1.93. The van der Waals surface area contributed by atoms with E-state index in [1.807, 2.05) is 21.3 Å². The topological polar surface area (TPSA) is 277 Å². The summed E-state index contributed by atoms with van der Waals surface area (Å²) in [4.78, 5) is 78.1. The number of carbonyl (C=O) groups excluding carboxylic acids is 8. The van der Waals surface area contributed by atoms with Gasteiger partial charge in [-0.3, -0.25) is 19.2 Å². The predicted molar refractivity (Wildman–Crippen MR) is 94.8 cm³/mol. The SMILES string of the molecule is CC(=O)NCC(=O)[O-].CC(=O)NCC(=O)[O-].CC(=O)NCC(=O)[O-].CC(=O)NCC(=O)[O-].[Zr+4]. The molecule has 0 saturated heterocycles. The van der Waals surface area contributed by atoms with Crippen LogP contribution in [0, 0.1) is 0 Å². The maximum absolute atomic E-state index is 9.95. The minimum Gasteiger partial charge on any atom is -0.548 e. The van der Waals surface area contributed by atoms with E-state index in [9.17, 15) is 58.8 Å². The van der Waals surface area contributed by atoms with Gasteiger partial charge in [-0.25, -0.2) is 0 Å². The Morgan fingerprint density at radius 2 is 0.545 bits per heavy atom. The summed E-state index contributed by atoms with van der Waals surface area (Å²) >= 11 is 0. The van der Waals surface area contributed by atoms with Crippen LogP contribution in [0.2, 0.25) is 0 Å². The Hall–Kier alpha value is -3.36. The van der Waals surface area contributed by atoms with Crippen LogP contribution in [-0.2, 0) is 64.6 Å². The third-order valence-corrected chi connectivity index (χ3v) is 1.93. The minimum atomic E-state index is -1.28. The molecule has 33 heavy (non-hydrogen) atoms. The van der Waals surface area contributed by atoms with Crippen molar-refractivity contribution in [2.24, 2.45) is 0 Å². The van der Waals surface area contributed by atoms with Crippen LogP contribution in [-0.4, -0.2) is 73.7 Å². The first-order chi connectivity index (χ1) is 14.5. The molecule has 184 valence electrons. The molecule has 0 saturated carbocycles. The first kappa shape index (κ1) is 40.0. The summed E-state index contributed by atoms with van der Waals surface area (Å²) in [6.45, 7) is 3.33. The summed E-state index contributed by atoms with van der Waals surface area (Å²) in [6.07, 6.45) is 0. The molecule has 0 aromatic heterocycles. The van der Waals surface area contributed by atoms with Crippen molar-refractivity contribution >= 4 is 47.5 Å². The van der Waals surface area contributed by atoms with Crippen molar-refractivity contribution in [1.29, 1.82) is 0 Å². The van der Waals surface area contributed by atoms with Crippen LogP contribution in [0.1, 0.15) is 27.7 Å². The second-order valence-corrected chi connectivity index (χ2v) is 5.13. The molecule has 16 nitrogen and oxygen atoms in total. The van der Waals surface area contributed by atoms with Gasteiger partial charge in [-0.15, -0.1) is 0 Å². The summed E-state index contributed by atoms with van der Waals surface area (Å²) in [5, 5.41) is 46.5. The smallest absolute Gasteiger partial charge is 0.548 e. The molecule has 0 aliphatic rings. The molecule has 0 aromatic carbocycles. The van der Waals surface area contributed by atoms with E-state index in [0.29, 0.717) is 0 Å². The van der Waals surface area contributed by atoms with E-state index in [0.717, 1.165) is 0 Å². The van der Waals surface area contributed by atoms with Gasteiger partial charge >= 0.3 is 26.2 Å². The fourth-order valence-corrected chi connectivity index (χ4v) is 0.787. The van der Waals surface area contributed by atoms with Crippen molar-refractivity contribution in [3.05, 3.63) is 0 Å². The van der Waals surface area contributed by atoms with Crippen molar-refractivity contribution < 1.29 is 85.0 Å². The van der Waals surface area contributed by atoms with Crippen LogP contribution >= 0.6 is 0 Å². The van der Waals surface area contributed by atoms with E-state index in [1.165, 1.54) is 27.7 Å². The molecule has 0 fully saturated rings. The van der Waals surface area contributed by atoms with Gasteiger partial charge in [0.2, 0.25) is 23.6 Å². The van der Waals surface area contributed by atoms with Gasteiger partial charge in [0.25, 0.3) is 0 Å². The van der Waals surface area contributed by atoms with Gasteiger partial charge in [-0.1, -0.05) is 0 Å². The van der Waals surface area contributed by atoms with Gasteiger partial charge in [0.05, 0.1) is 50.1 Å². The summed E-state index contributed by atoms with van der Waals surface area (Å²) in [5.41, 5.74) is 0. The van der Waals surface area contributed by atoms with Crippen LogP contribution in [0.3, 0.4) is 0 Å². The number of aliphatic carboxylic acids is 4. The van der Waals surface area contributed by atoms with E-state index in [4.69, 9.17) is 0 Å². The van der Waals surface area contributed by atoms with Gasteiger partial charge in [0.15, 0.2) is 0 Å². The fourth-order valence-electron chi connectivity index (χ4n) is 0.787. The molecule has 0 spiro atoms. The largest absolute Gasteiger partial charge is 4.00 e. The van der Waals surface area contributed by atoms with Crippen LogP contribution in [0.25, 0.3) is 0 Å². The number of rotatable bonds is 8.